The van der Waals surface area contributed by atoms with Crippen LogP contribution in [0.5, 0.6) is 0 Å². The van der Waals surface area contributed by atoms with E-state index in [-0.39, 0.29) is 0 Å². The Bertz CT molecular complexity index is 1450. The fraction of sp³-hybridized carbons (Fsp3) is 0.125. The molecular formula is C24H18N4O. The van der Waals surface area contributed by atoms with Crippen molar-refractivity contribution in [1.29, 1.82) is 0 Å². The van der Waals surface area contributed by atoms with Crippen molar-refractivity contribution in [2.45, 2.75) is 13.8 Å². The van der Waals surface area contributed by atoms with Crippen LogP contribution in [0.1, 0.15) is 11.1 Å². The predicted octanol–water partition coefficient (Wildman–Crippen LogP) is 5.23. The monoisotopic (exact) mass is 378 g/mol. The molecule has 0 fully saturated rings. The van der Waals surface area contributed by atoms with Crippen molar-refractivity contribution < 1.29 is 8.98 Å². The number of furan rings is 1. The summed E-state index contributed by atoms with van der Waals surface area (Å²) >= 11 is 0. The smallest absolute Gasteiger partial charge is 0.243 e. The summed E-state index contributed by atoms with van der Waals surface area (Å²) in [5.41, 5.74) is 7.22. The van der Waals surface area contributed by atoms with Gasteiger partial charge < -0.3 is 13.6 Å². The highest BCUT2D eigenvalue weighted by molar-refractivity contribution is 6.09. The van der Waals surface area contributed by atoms with Crippen LogP contribution in [-0.4, -0.2) is 9.55 Å². The Kier molecular flexibility index (Phi) is 3.75. The van der Waals surface area contributed by atoms with E-state index in [1.807, 2.05) is 46.9 Å². The van der Waals surface area contributed by atoms with Gasteiger partial charge in [0.1, 0.15) is 11.2 Å². The van der Waals surface area contributed by atoms with Crippen LogP contribution in [0.25, 0.3) is 43.7 Å². The Labute approximate surface area is 168 Å². The van der Waals surface area contributed by atoms with E-state index in [0.29, 0.717) is 11.3 Å². The normalized spacial score (nSPS) is 11.2. The quantitative estimate of drug-likeness (QED) is 0.312. The Hall–Kier alpha value is -3.91. The first kappa shape index (κ1) is 17.2. The second-order valence-corrected chi connectivity index (χ2v) is 7.30. The number of hydrogen-bond donors (Lipinski definition) is 0. The number of pyridine rings is 1. The maximum atomic E-state index is 7.28. The molecule has 0 radical (unpaired) electrons. The van der Waals surface area contributed by atoms with Gasteiger partial charge in [-0.15, -0.1) is 0 Å². The molecule has 0 unspecified atom stereocenters. The lowest BCUT2D eigenvalue weighted by molar-refractivity contribution is -0.674. The first-order valence-electron chi connectivity index (χ1n) is 9.31. The molecule has 0 aliphatic rings. The van der Waals surface area contributed by atoms with Crippen LogP contribution >= 0.6 is 0 Å². The van der Waals surface area contributed by atoms with Gasteiger partial charge in [0.2, 0.25) is 6.33 Å². The van der Waals surface area contributed by atoms with Gasteiger partial charge in [0, 0.05) is 29.4 Å². The van der Waals surface area contributed by atoms with E-state index in [1.54, 1.807) is 6.07 Å². The molecule has 5 nitrogen and oxygen atoms in total. The van der Waals surface area contributed by atoms with Crippen LogP contribution in [0.3, 0.4) is 0 Å². The van der Waals surface area contributed by atoms with Gasteiger partial charge in [-0.25, -0.2) is 4.85 Å². The number of aryl methyl sites for hydroxylation is 3. The summed E-state index contributed by atoms with van der Waals surface area (Å²) in [7, 11) is 1.93. The molecule has 3 aromatic heterocycles. The summed E-state index contributed by atoms with van der Waals surface area (Å²) in [6, 6.07) is 11.9. The average molecular weight is 378 g/mol. The Morgan fingerprint density at radius 1 is 1.10 bits per heavy atom. The summed E-state index contributed by atoms with van der Waals surface area (Å²) < 4.78 is 10.00. The van der Waals surface area contributed by atoms with Crippen LogP contribution < -0.4 is 4.57 Å². The summed E-state index contributed by atoms with van der Waals surface area (Å²) in [5.74, 6) is 0. The van der Waals surface area contributed by atoms with Gasteiger partial charge in [0.25, 0.3) is 0 Å². The van der Waals surface area contributed by atoms with Crippen molar-refractivity contribution in [2.24, 2.45) is 7.05 Å². The molecule has 0 amide bonds. The minimum Gasteiger partial charge on any atom is -0.463 e. The van der Waals surface area contributed by atoms with Crippen molar-refractivity contribution in [3.05, 3.63) is 83.9 Å². The van der Waals surface area contributed by atoms with Crippen LogP contribution in [-0.2, 0) is 7.05 Å². The minimum absolute atomic E-state index is 0.563. The molecule has 5 rings (SSSR count). The van der Waals surface area contributed by atoms with Crippen molar-refractivity contribution in [3.63, 3.8) is 0 Å². The maximum Gasteiger partial charge on any atom is 0.243 e. The van der Waals surface area contributed by atoms with Gasteiger partial charge >= 0.3 is 0 Å². The first-order chi connectivity index (χ1) is 14.0. The molecule has 0 aliphatic heterocycles. The summed E-state index contributed by atoms with van der Waals surface area (Å²) in [5, 5.41) is 1.98. The fourth-order valence-electron chi connectivity index (χ4n) is 3.56. The topological polar surface area (TPSA) is 39.2 Å². The standard InChI is InChI=1S/C24H18N4O/c1-15-9-21(26-13-16(15)2)17-10-20-19-6-5-18(25-3)12-23(19)29-24(20)22(11-17)28-8-7-27(4)14-28/h5-13H,1-2,4H3. The van der Waals surface area contributed by atoms with E-state index in [9.17, 15) is 0 Å². The van der Waals surface area contributed by atoms with E-state index in [2.05, 4.69) is 48.2 Å². The molecule has 0 aliphatic carbocycles. The Morgan fingerprint density at radius 2 is 1.97 bits per heavy atom. The summed E-state index contributed by atoms with van der Waals surface area (Å²) in [6.07, 6.45) is 9.05. The Balaban J connectivity index is 1.86. The lowest BCUT2D eigenvalue weighted by atomic mass is 10.0. The van der Waals surface area contributed by atoms with Crippen molar-refractivity contribution >= 4 is 27.6 Å². The van der Waals surface area contributed by atoms with Gasteiger partial charge in [-0.3, -0.25) is 4.98 Å². The highest BCUT2D eigenvalue weighted by atomic mass is 16.3. The lowest BCUT2D eigenvalue weighted by Crippen LogP contribution is -2.24. The second kappa shape index (κ2) is 6.32. The zero-order valence-electron chi connectivity index (χ0n) is 16.4. The van der Waals surface area contributed by atoms with E-state index in [4.69, 9.17) is 11.0 Å². The molecule has 29 heavy (non-hydrogen) atoms. The van der Waals surface area contributed by atoms with Gasteiger partial charge in [-0.1, -0.05) is 12.1 Å². The summed E-state index contributed by atoms with van der Waals surface area (Å²) in [6.45, 7) is 11.4. The van der Waals surface area contributed by atoms with Crippen LogP contribution in [0.15, 0.2) is 59.4 Å². The van der Waals surface area contributed by atoms with E-state index in [0.717, 1.165) is 33.3 Å². The van der Waals surface area contributed by atoms with Gasteiger partial charge in [-0.2, -0.15) is 0 Å². The third kappa shape index (κ3) is 2.77. The molecule has 0 bridgehead atoms. The second-order valence-electron chi connectivity index (χ2n) is 7.30. The van der Waals surface area contributed by atoms with E-state index < -0.39 is 0 Å². The zero-order valence-corrected chi connectivity index (χ0v) is 16.4. The third-order valence-electron chi connectivity index (χ3n) is 5.30. The zero-order chi connectivity index (χ0) is 20.1. The third-order valence-corrected chi connectivity index (χ3v) is 5.30. The SMILES string of the molecule is [C-]#[N+]c1ccc2c(c1)oc1c(-n3[c-][n+](C)cc3)cc(-c3cc(C)c(C)cn3)cc12. The molecule has 2 aromatic carbocycles. The Morgan fingerprint density at radius 3 is 2.69 bits per heavy atom. The van der Waals surface area contributed by atoms with Crippen LogP contribution in [0.2, 0.25) is 0 Å². The molecule has 0 N–H and O–H groups in total. The van der Waals surface area contributed by atoms with Gasteiger partial charge in [-0.05, 0) is 54.8 Å². The maximum absolute atomic E-state index is 7.28. The largest absolute Gasteiger partial charge is 0.463 e. The molecule has 5 heteroatoms. The average Bonchev–Trinajstić information content (AvgIpc) is 3.32. The number of benzene rings is 2. The van der Waals surface area contributed by atoms with Gasteiger partial charge in [0.05, 0.1) is 25.0 Å². The molecule has 0 atom stereocenters. The number of imidazole rings is 1. The number of nitrogens with zero attached hydrogens (tertiary/aromatic N) is 4. The molecular weight excluding hydrogens is 360 g/mol. The fourth-order valence-corrected chi connectivity index (χ4v) is 3.56. The number of rotatable bonds is 2. The number of hydrogen-bond acceptors (Lipinski definition) is 2. The van der Waals surface area contributed by atoms with Crippen LogP contribution in [0, 0.1) is 26.7 Å². The highest BCUT2D eigenvalue weighted by Crippen LogP contribution is 2.37. The molecule has 3 heterocycles. The van der Waals surface area contributed by atoms with Crippen LogP contribution in [0.4, 0.5) is 5.69 Å². The molecule has 140 valence electrons. The van der Waals surface area contributed by atoms with E-state index in [1.165, 1.54) is 11.1 Å². The van der Waals surface area contributed by atoms with Gasteiger partial charge in [0.15, 0.2) is 5.69 Å². The molecule has 0 saturated carbocycles. The van der Waals surface area contributed by atoms with Crippen molar-refractivity contribution in [1.82, 2.24) is 9.55 Å². The van der Waals surface area contributed by atoms with E-state index >= 15 is 0 Å². The lowest BCUT2D eigenvalue weighted by Gasteiger charge is -2.09. The van der Waals surface area contributed by atoms with Crippen molar-refractivity contribution in [3.8, 4) is 16.9 Å². The minimum atomic E-state index is 0.563. The molecule has 5 aromatic rings. The number of fused-ring (bicyclic) bond motifs is 3. The summed E-state index contributed by atoms with van der Waals surface area (Å²) in [4.78, 5) is 8.18. The van der Waals surface area contributed by atoms with Crippen molar-refractivity contribution in [2.75, 3.05) is 0 Å². The molecule has 0 saturated heterocycles. The predicted molar refractivity (Wildman–Crippen MR) is 112 cm³/mol. The highest BCUT2D eigenvalue weighted by Gasteiger charge is 2.16. The first-order valence-corrected chi connectivity index (χ1v) is 9.31. The number of aromatic nitrogens is 3. The molecule has 0 spiro atoms.